The van der Waals surface area contributed by atoms with Crippen LogP contribution in [0, 0.1) is 0 Å². The standard InChI is InChI=1S/C12H16O6/c1-7(2)11(15)17-5-6-18-12(16)9(4)8(3)10(13)14/h1,5-6H2,2-4H3,(H,13,14)/b9-8-. The van der Waals surface area contributed by atoms with E-state index in [1.54, 1.807) is 0 Å². The number of esters is 2. The molecule has 0 saturated carbocycles. The number of hydrogen-bond acceptors (Lipinski definition) is 5. The third kappa shape index (κ3) is 5.29. The van der Waals surface area contributed by atoms with Gasteiger partial charge in [-0.2, -0.15) is 0 Å². The maximum Gasteiger partial charge on any atom is 0.334 e. The van der Waals surface area contributed by atoms with E-state index >= 15 is 0 Å². The molecule has 6 heteroatoms. The molecular weight excluding hydrogens is 240 g/mol. The lowest BCUT2D eigenvalue weighted by Gasteiger charge is -2.07. The molecule has 0 saturated heterocycles. The zero-order valence-corrected chi connectivity index (χ0v) is 10.6. The molecule has 0 rings (SSSR count). The first-order valence-corrected chi connectivity index (χ1v) is 5.18. The lowest BCUT2D eigenvalue weighted by Crippen LogP contribution is -2.16. The Labute approximate surface area is 105 Å². The van der Waals surface area contributed by atoms with Crippen molar-refractivity contribution in [2.75, 3.05) is 13.2 Å². The van der Waals surface area contributed by atoms with E-state index < -0.39 is 17.9 Å². The van der Waals surface area contributed by atoms with Gasteiger partial charge in [0.15, 0.2) is 0 Å². The highest BCUT2D eigenvalue weighted by Gasteiger charge is 2.14. The molecule has 0 aliphatic carbocycles. The summed E-state index contributed by atoms with van der Waals surface area (Å²) in [6.07, 6.45) is 0. The normalized spacial score (nSPS) is 11.3. The maximum atomic E-state index is 11.4. The van der Waals surface area contributed by atoms with Crippen LogP contribution in [0.5, 0.6) is 0 Å². The Balaban J connectivity index is 4.14. The summed E-state index contributed by atoms with van der Waals surface area (Å²) in [5, 5.41) is 8.66. The van der Waals surface area contributed by atoms with Crippen molar-refractivity contribution in [3.8, 4) is 0 Å². The monoisotopic (exact) mass is 256 g/mol. The van der Waals surface area contributed by atoms with Crippen LogP contribution in [0.3, 0.4) is 0 Å². The molecule has 18 heavy (non-hydrogen) atoms. The predicted molar refractivity (Wildman–Crippen MR) is 62.7 cm³/mol. The fourth-order valence-corrected chi connectivity index (χ4v) is 0.814. The van der Waals surface area contributed by atoms with Gasteiger partial charge in [0.2, 0.25) is 0 Å². The van der Waals surface area contributed by atoms with Crippen molar-refractivity contribution in [2.24, 2.45) is 0 Å². The number of carboxylic acid groups (broad SMARTS) is 1. The van der Waals surface area contributed by atoms with E-state index in [0.29, 0.717) is 0 Å². The van der Waals surface area contributed by atoms with Gasteiger partial charge in [0.25, 0.3) is 0 Å². The molecule has 0 atom stereocenters. The van der Waals surface area contributed by atoms with Crippen LogP contribution >= 0.6 is 0 Å². The number of carboxylic acids is 1. The maximum absolute atomic E-state index is 11.4. The lowest BCUT2D eigenvalue weighted by molar-refractivity contribution is -0.147. The minimum atomic E-state index is -1.18. The number of carbonyl (C=O) groups is 3. The minimum Gasteiger partial charge on any atom is -0.478 e. The zero-order valence-electron chi connectivity index (χ0n) is 10.6. The van der Waals surface area contributed by atoms with E-state index in [4.69, 9.17) is 14.6 Å². The number of rotatable bonds is 6. The second-order valence-corrected chi connectivity index (χ2v) is 3.61. The molecule has 6 nitrogen and oxygen atoms in total. The molecule has 1 N–H and O–H groups in total. The molecule has 0 heterocycles. The summed E-state index contributed by atoms with van der Waals surface area (Å²) < 4.78 is 9.43. The highest BCUT2D eigenvalue weighted by Crippen LogP contribution is 2.05. The topological polar surface area (TPSA) is 89.9 Å². The number of hydrogen-bond donors (Lipinski definition) is 1. The second kappa shape index (κ2) is 7.26. The Kier molecular flexibility index (Phi) is 6.41. The molecule has 0 radical (unpaired) electrons. The Morgan fingerprint density at radius 1 is 0.944 bits per heavy atom. The molecule has 0 aromatic heterocycles. The number of carbonyl (C=O) groups excluding carboxylic acids is 2. The van der Waals surface area contributed by atoms with E-state index in [0.717, 1.165) is 0 Å². The quantitative estimate of drug-likeness (QED) is 0.434. The Bertz CT molecular complexity index is 405. The van der Waals surface area contributed by atoms with Gasteiger partial charge in [0.05, 0.1) is 0 Å². The van der Waals surface area contributed by atoms with Gasteiger partial charge in [-0.05, 0) is 20.8 Å². The summed E-state index contributed by atoms with van der Waals surface area (Å²) in [5.74, 6) is -2.50. The summed E-state index contributed by atoms with van der Waals surface area (Å²) >= 11 is 0. The van der Waals surface area contributed by atoms with Gasteiger partial charge in [0.1, 0.15) is 13.2 Å². The predicted octanol–water partition coefficient (Wildman–Crippen LogP) is 1.07. The van der Waals surface area contributed by atoms with Crippen LogP contribution in [0.25, 0.3) is 0 Å². The van der Waals surface area contributed by atoms with E-state index in [2.05, 4.69) is 6.58 Å². The molecule has 0 amide bonds. The SMILES string of the molecule is C=C(C)C(=O)OCCOC(=O)/C(C)=C(/C)C(=O)O. The van der Waals surface area contributed by atoms with E-state index in [1.165, 1.54) is 20.8 Å². The van der Waals surface area contributed by atoms with Crippen LogP contribution in [0.4, 0.5) is 0 Å². The zero-order chi connectivity index (χ0) is 14.3. The number of aliphatic carboxylic acids is 1. The highest BCUT2D eigenvalue weighted by atomic mass is 16.6. The molecule has 0 fully saturated rings. The van der Waals surface area contributed by atoms with Gasteiger partial charge in [-0.1, -0.05) is 6.58 Å². The Morgan fingerprint density at radius 3 is 1.78 bits per heavy atom. The molecule has 0 spiro atoms. The Hall–Kier alpha value is -2.11. The van der Waals surface area contributed by atoms with E-state index in [9.17, 15) is 14.4 Å². The first-order valence-electron chi connectivity index (χ1n) is 5.18. The van der Waals surface area contributed by atoms with Crippen LogP contribution in [-0.4, -0.2) is 36.2 Å². The van der Waals surface area contributed by atoms with Crippen LogP contribution in [0.15, 0.2) is 23.3 Å². The van der Waals surface area contributed by atoms with Crippen LogP contribution in [0.1, 0.15) is 20.8 Å². The summed E-state index contributed by atoms with van der Waals surface area (Å²) in [6, 6.07) is 0. The summed E-state index contributed by atoms with van der Waals surface area (Å²) in [4.78, 5) is 32.9. The third-order valence-electron chi connectivity index (χ3n) is 2.09. The lowest BCUT2D eigenvalue weighted by atomic mass is 10.1. The molecule has 0 bridgehead atoms. The van der Waals surface area contributed by atoms with Crippen molar-refractivity contribution in [2.45, 2.75) is 20.8 Å². The summed E-state index contributed by atoms with van der Waals surface area (Å²) in [7, 11) is 0. The van der Waals surface area contributed by atoms with Gasteiger partial charge in [-0.3, -0.25) is 0 Å². The molecule has 0 aromatic rings. The van der Waals surface area contributed by atoms with Gasteiger partial charge in [-0.25, -0.2) is 14.4 Å². The molecular formula is C12H16O6. The molecule has 0 aliphatic rings. The minimum absolute atomic E-state index is 0.00808. The van der Waals surface area contributed by atoms with Gasteiger partial charge in [0, 0.05) is 16.7 Å². The fourth-order valence-electron chi connectivity index (χ4n) is 0.814. The van der Waals surface area contributed by atoms with Gasteiger partial charge >= 0.3 is 17.9 Å². The molecule has 0 aliphatic heterocycles. The van der Waals surface area contributed by atoms with E-state index in [-0.39, 0.29) is 29.9 Å². The third-order valence-corrected chi connectivity index (χ3v) is 2.09. The second-order valence-electron chi connectivity index (χ2n) is 3.61. The molecule has 0 unspecified atom stereocenters. The number of ether oxygens (including phenoxy) is 2. The average Bonchev–Trinajstić information content (AvgIpc) is 2.31. The van der Waals surface area contributed by atoms with Crippen LogP contribution < -0.4 is 0 Å². The van der Waals surface area contributed by atoms with Crippen molar-refractivity contribution < 1.29 is 29.0 Å². The summed E-state index contributed by atoms with van der Waals surface area (Å²) in [5.41, 5.74) is 0.173. The average molecular weight is 256 g/mol. The van der Waals surface area contributed by atoms with Crippen LogP contribution in [0.2, 0.25) is 0 Å². The highest BCUT2D eigenvalue weighted by molar-refractivity contribution is 5.98. The van der Waals surface area contributed by atoms with Gasteiger partial charge < -0.3 is 14.6 Å². The molecule has 0 aromatic carbocycles. The Morgan fingerprint density at radius 2 is 1.39 bits per heavy atom. The van der Waals surface area contributed by atoms with Crippen LogP contribution in [-0.2, 0) is 23.9 Å². The largest absolute Gasteiger partial charge is 0.478 e. The summed E-state index contributed by atoms with van der Waals surface area (Å²) in [6.45, 7) is 7.30. The van der Waals surface area contributed by atoms with Gasteiger partial charge in [-0.15, -0.1) is 0 Å². The van der Waals surface area contributed by atoms with Crippen molar-refractivity contribution in [3.05, 3.63) is 23.3 Å². The van der Waals surface area contributed by atoms with E-state index in [1.807, 2.05) is 0 Å². The van der Waals surface area contributed by atoms with Crippen molar-refractivity contribution >= 4 is 17.9 Å². The van der Waals surface area contributed by atoms with Crippen molar-refractivity contribution in [3.63, 3.8) is 0 Å². The molecule has 100 valence electrons. The fraction of sp³-hybridized carbons (Fsp3) is 0.417. The van der Waals surface area contributed by atoms with Crippen molar-refractivity contribution in [1.82, 2.24) is 0 Å². The first-order chi connectivity index (χ1) is 8.27. The van der Waals surface area contributed by atoms with Crippen molar-refractivity contribution in [1.29, 1.82) is 0 Å². The first kappa shape index (κ1) is 15.9. The smallest absolute Gasteiger partial charge is 0.334 e.